The summed E-state index contributed by atoms with van der Waals surface area (Å²) >= 11 is 0. The Kier molecular flexibility index (Phi) is 9.01. The molecule has 0 aliphatic carbocycles. The van der Waals surface area contributed by atoms with Crippen molar-refractivity contribution < 1.29 is 28.6 Å². The monoisotopic (exact) mass is 300 g/mol. The quantitative estimate of drug-likeness (QED) is 0.258. The minimum absolute atomic E-state index is 0.248. The first-order chi connectivity index (χ1) is 10.3. The number of carbonyl (C=O) groups is 3. The van der Waals surface area contributed by atoms with E-state index in [1.807, 2.05) is 0 Å². The van der Waals surface area contributed by atoms with Gasteiger partial charge in [0.05, 0.1) is 46.2 Å². The van der Waals surface area contributed by atoms with E-state index in [0.29, 0.717) is 46.0 Å². The van der Waals surface area contributed by atoms with E-state index in [0.717, 1.165) is 4.90 Å². The highest BCUT2D eigenvalue weighted by Gasteiger charge is 2.22. The third-order valence-corrected chi connectivity index (χ3v) is 2.58. The van der Waals surface area contributed by atoms with E-state index in [2.05, 4.69) is 5.32 Å². The lowest BCUT2D eigenvalue weighted by atomic mass is 10.5. The Bertz CT molecular complexity index is 354. The van der Waals surface area contributed by atoms with Gasteiger partial charge in [-0.15, -0.1) is 0 Å². The van der Waals surface area contributed by atoms with Crippen molar-refractivity contribution in [3.05, 3.63) is 12.2 Å². The van der Waals surface area contributed by atoms with Crippen LogP contribution in [0.5, 0.6) is 0 Å². The number of rotatable bonds is 13. The number of ether oxygens (including phenoxy) is 3. The minimum atomic E-state index is -0.305. The molecule has 1 aliphatic heterocycles. The molecule has 0 unspecified atom stereocenters. The third-order valence-electron chi connectivity index (χ3n) is 2.58. The van der Waals surface area contributed by atoms with Crippen molar-refractivity contribution in [1.29, 1.82) is 0 Å². The van der Waals surface area contributed by atoms with Crippen LogP contribution in [0.4, 0.5) is 0 Å². The summed E-state index contributed by atoms with van der Waals surface area (Å²) in [6.07, 6.45) is 3.11. The van der Waals surface area contributed by atoms with Gasteiger partial charge in [-0.2, -0.15) is 0 Å². The van der Waals surface area contributed by atoms with Crippen LogP contribution in [0.1, 0.15) is 0 Å². The fourth-order valence-corrected chi connectivity index (χ4v) is 1.54. The predicted molar refractivity (Wildman–Crippen MR) is 72.4 cm³/mol. The first kappa shape index (κ1) is 17.3. The van der Waals surface area contributed by atoms with Crippen LogP contribution in [0.15, 0.2) is 12.2 Å². The maximum atomic E-state index is 11.2. The number of nitrogens with zero attached hydrogens (tertiary/aromatic N) is 1. The lowest BCUT2D eigenvalue weighted by Crippen LogP contribution is -2.33. The molecular weight excluding hydrogens is 280 g/mol. The molecule has 0 atom stereocenters. The maximum absolute atomic E-state index is 11.2. The van der Waals surface area contributed by atoms with Gasteiger partial charge in [0.25, 0.3) is 11.8 Å². The van der Waals surface area contributed by atoms with E-state index in [9.17, 15) is 14.4 Å². The maximum Gasteiger partial charge on any atom is 0.253 e. The summed E-state index contributed by atoms with van der Waals surface area (Å²) < 4.78 is 15.7. The average Bonchev–Trinajstić information content (AvgIpc) is 2.80. The van der Waals surface area contributed by atoms with E-state index >= 15 is 0 Å². The molecule has 8 nitrogen and oxygen atoms in total. The lowest BCUT2D eigenvalue weighted by molar-refractivity contribution is -0.137. The molecule has 1 N–H and O–H groups in total. The molecule has 1 aliphatic rings. The van der Waals surface area contributed by atoms with E-state index in [4.69, 9.17) is 14.2 Å². The van der Waals surface area contributed by atoms with Crippen LogP contribution >= 0.6 is 0 Å². The van der Waals surface area contributed by atoms with Crippen molar-refractivity contribution in [3.63, 3.8) is 0 Å². The van der Waals surface area contributed by atoms with Crippen molar-refractivity contribution >= 4 is 18.2 Å². The SMILES string of the molecule is O=CNCCOCCOCCOCCN1C(=O)C=CC1=O. The molecule has 118 valence electrons. The summed E-state index contributed by atoms with van der Waals surface area (Å²) in [5.41, 5.74) is 0. The molecule has 0 aromatic rings. The highest BCUT2D eigenvalue weighted by atomic mass is 16.5. The van der Waals surface area contributed by atoms with Crippen LogP contribution in [0, 0.1) is 0 Å². The first-order valence-electron chi connectivity index (χ1n) is 6.69. The second-order valence-corrected chi connectivity index (χ2v) is 4.07. The zero-order valence-corrected chi connectivity index (χ0v) is 11.8. The number of nitrogens with one attached hydrogen (secondary N) is 1. The highest BCUT2D eigenvalue weighted by molar-refractivity contribution is 6.12. The van der Waals surface area contributed by atoms with Crippen LogP contribution in [-0.2, 0) is 28.6 Å². The Morgan fingerprint density at radius 1 is 0.905 bits per heavy atom. The smallest absolute Gasteiger partial charge is 0.253 e. The molecule has 0 fully saturated rings. The first-order valence-corrected chi connectivity index (χ1v) is 6.69. The molecule has 1 rings (SSSR count). The van der Waals surface area contributed by atoms with Gasteiger partial charge in [-0.1, -0.05) is 0 Å². The summed E-state index contributed by atoms with van der Waals surface area (Å²) in [5.74, 6) is -0.609. The second-order valence-electron chi connectivity index (χ2n) is 4.07. The van der Waals surface area contributed by atoms with Crippen LogP contribution < -0.4 is 5.32 Å². The van der Waals surface area contributed by atoms with Crippen LogP contribution in [0.25, 0.3) is 0 Å². The Morgan fingerprint density at radius 3 is 2.00 bits per heavy atom. The van der Waals surface area contributed by atoms with Gasteiger partial charge < -0.3 is 19.5 Å². The molecule has 21 heavy (non-hydrogen) atoms. The third kappa shape index (κ3) is 7.54. The Hall–Kier alpha value is -1.77. The molecule has 8 heteroatoms. The number of amides is 3. The molecule has 0 radical (unpaired) electrons. The van der Waals surface area contributed by atoms with E-state index in [-0.39, 0.29) is 25.0 Å². The van der Waals surface area contributed by atoms with Crippen molar-refractivity contribution in [2.75, 3.05) is 52.7 Å². The van der Waals surface area contributed by atoms with E-state index in [1.54, 1.807) is 0 Å². The van der Waals surface area contributed by atoms with Gasteiger partial charge >= 0.3 is 0 Å². The molecule has 0 aromatic carbocycles. The van der Waals surface area contributed by atoms with Crippen molar-refractivity contribution in [2.24, 2.45) is 0 Å². The molecule has 0 aromatic heterocycles. The number of hydrogen-bond acceptors (Lipinski definition) is 6. The van der Waals surface area contributed by atoms with Gasteiger partial charge in [-0.05, 0) is 0 Å². The Labute approximate surface area is 123 Å². The van der Waals surface area contributed by atoms with Crippen molar-refractivity contribution in [2.45, 2.75) is 0 Å². The van der Waals surface area contributed by atoms with Gasteiger partial charge in [0.15, 0.2) is 0 Å². The summed E-state index contributed by atoms with van der Waals surface area (Å²) in [7, 11) is 0. The van der Waals surface area contributed by atoms with Gasteiger partial charge in [-0.3, -0.25) is 19.3 Å². The van der Waals surface area contributed by atoms with Crippen LogP contribution in [0.3, 0.4) is 0 Å². The Morgan fingerprint density at radius 2 is 1.43 bits per heavy atom. The van der Waals surface area contributed by atoms with Gasteiger partial charge in [-0.25, -0.2) is 0 Å². The molecule has 1 heterocycles. The largest absolute Gasteiger partial charge is 0.377 e. The zero-order valence-electron chi connectivity index (χ0n) is 11.8. The molecule has 0 bridgehead atoms. The predicted octanol–water partition coefficient (Wildman–Crippen LogP) is -1.29. The molecule has 0 saturated carbocycles. The second kappa shape index (κ2) is 11.0. The standard InChI is InChI=1S/C13H20N2O6/c16-11-14-3-5-19-7-9-21-10-8-20-6-4-15-12(17)1-2-13(15)18/h1-2,11H,3-10H2,(H,14,16). The zero-order chi connectivity index (χ0) is 15.3. The highest BCUT2D eigenvalue weighted by Crippen LogP contribution is 2.02. The van der Waals surface area contributed by atoms with Crippen molar-refractivity contribution in [1.82, 2.24) is 10.2 Å². The van der Waals surface area contributed by atoms with Crippen molar-refractivity contribution in [3.8, 4) is 0 Å². The Balaban J connectivity index is 1.82. The summed E-state index contributed by atoms with van der Waals surface area (Å²) in [4.78, 5) is 33.5. The molecule has 3 amide bonds. The average molecular weight is 300 g/mol. The van der Waals surface area contributed by atoms with Crippen LogP contribution in [0.2, 0.25) is 0 Å². The number of carbonyl (C=O) groups excluding carboxylic acids is 3. The minimum Gasteiger partial charge on any atom is -0.377 e. The molecule has 0 spiro atoms. The summed E-state index contributed by atoms with van der Waals surface area (Å²) in [6, 6.07) is 0. The van der Waals surface area contributed by atoms with Crippen LogP contribution in [-0.4, -0.2) is 75.9 Å². The molecule has 0 saturated heterocycles. The van der Waals surface area contributed by atoms with Gasteiger partial charge in [0.2, 0.25) is 6.41 Å². The van der Waals surface area contributed by atoms with E-state index in [1.165, 1.54) is 12.2 Å². The van der Waals surface area contributed by atoms with Gasteiger partial charge in [0, 0.05) is 18.7 Å². The van der Waals surface area contributed by atoms with Gasteiger partial charge in [0.1, 0.15) is 0 Å². The summed E-state index contributed by atoms with van der Waals surface area (Å²) in [5, 5.41) is 2.48. The number of hydrogen-bond donors (Lipinski definition) is 1. The topological polar surface area (TPSA) is 94.2 Å². The summed E-state index contributed by atoms with van der Waals surface area (Å²) in [6.45, 7) is 3.15. The fraction of sp³-hybridized carbons (Fsp3) is 0.615. The fourth-order valence-electron chi connectivity index (χ4n) is 1.54. The normalized spacial score (nSPS) is 14.0. The lowest BCUT2D eigenvalue weighted by Gasteiger charge is -2.13. The van der Waals surface area contributed by atoms with E-state index < -0.39 is 0 Å². The molecular formula is C13H20N2O6. The number of imide groups is 1.